The second-order valence-electron chi connectivity index (χ2n) is 4.14. The van der Waals surface area contributed by atoms with Gasteiger partial charge in [0.15, 0.2) is 0 Å². The molecule has 0 aliphatic carbocycles. The van der Waals surface area contributed by atoms with Crippen LogP contribution in [0.5, 0.6) is 0 Å². The van der Waals surface area contributed by atoms with E-state index in [0.717, 1.165) is 17.5 Å². The largest absolute Gasteiger partial charge is 0.381 e. The van der Waals surface area contributed by atoms with E-state index in [1.54, 1.807) is 18.2 Å². The third-order valence-electron chi connectivity index (χ3n) is 2.42. The van der Waals surface area contributed by atoms with Crippen molar-refractivity contribution in [1.82, 2.24) is 4.98 Å². The maximum absolute atomic E-state index is 11.1. The highest BCUT2D eigenvalue weighted by atomic mass is 35.5. The lowest BCUT2D eigenvalue weighted by atomic mass is 10.2. The van der Waals surface area contributed by atoms with Crippen LogP contribution in [0.15, 0.2) is 36.7 Å². The highest BCUT2D eigenvalue weighted by Gasteiger charge is 2.06. The quantitative estimate of drug-likeness (QED) is 0.794. The maximum Gasteiger partial charge on any atom is 0.229 e. The highest BCUT2D eigenvalue weighted by Crippen LogP contribution is 2.26. The molecule has 2 aromatic rings. The Bertz CT molecular complexity index is 654. The molecule has 0 radical (unpaired) electrons. The van der Waals surface area contributed by atoms with Gasteiger partial charge in [-0.1, -0.05) is 11.6 Å². The topological polar surface area (TPSA) is 74.0 Å². The summed E-state index contributed by atoms with van der Waals surface area (Å²) in [5.41, 5.74) is 2.32. The molecule has 0 saturated heterocycles. The fourth-order valence-corrected chi connectivity index (χ4v) is 2.44. The number of hydrogen-bond acceptors (Lipinski definition) is 3. The van der Waals surface area contributed by atoms with Crippen molar-refractivity contribution in [2.75, 3.05) is 16.3 Å². The molecule has 5 nitrogen and oxygen atoms in total. The zero-order chi connectivity index (χ0) is 13.9. The zero-order valence-corrected chi connectivity index (χ0v) is 11.8. The standard InChI is InChI=1S/C12H14ClN3O2S/c1-19(17,18)16-12-3-2-10(6-11(12)13)15-8-9-4-5-14-7-9/h2-7,14-16H,8H2,1H3. The van der Waals surface area contributed by atoms with E-state index in [1.165, 1.54) is 0 Å². The first kappa shape index (κ1) is 13.8. The molecule has 1 aromatic heterocycles. The number of anilines is 2. The van der Waals surface area contributed by atoms with Crippen molar-refractivity contribution in [1.29, 1.82) is 0 Å². The molecule has 0 amide bonds. The predicted octanol–water partition coefficient (Wildman–Crippen LogP) is 2.65. The summed E-state index contributed by atoms with van der Waals surface area (Å²) in [5, 5.41) is 3.55. The van der Waals surface area contributed by atoms with Crippen LogP contribution in [0.25, 0.3) is 0 Å². The first-order chi connectivity index (χ1) is 8.94. The van der Waals surface area contributed by atoms with Gasteiger partial charge in [0.2, 0.25) is 10.0 Å². The Labute approximate surface area is 117 Å². The average molecular weight is 300 g/mol. The zero-order valence-electron chi connectivity index (χ0n) is 10.3. The van der Waals surface area contributed by atoms with Gasteiger partial charge in [-0.15, -0.1) is 0 Å². The lowest BCUT2D eigenvalue weighted by molar-refractivity contribution is 0.607. The van der Waals surface area contributed by atoms with E-state index in [9.17, 15) is 8.42 Å². The molecule has 0 bridgehead atoms. The van der Waals surface area contributed by atoms with Gasteiger partial charge in [0, 0.05) is 24.6 Å². The van der Waals surface area contributed by atoms with Gasteiger partial charge in [0.1, 0.15) is 0 Å². The number of aromatic nitrogens is 1. The van der Waals surface area contributed by atoms with Crippen molar-refractivity contribution in [3.8, 4) is 0 Å². The molecule has 0 aliphatic rings. The van der Waals surface area contributed by atoms with E-state index in [4.69, 9.17) is 11.6 Å². The Kier molecular flexibility index (Phi) is 4.01. The van der Waals surface area contributed by atoms with E-state index < -0.39 is 10.0 Å². The number of sulfonamides is 1. The molecule has 2 rings (SSSR count). The average Bonchev–Trinajstić information content (AvgIpc) is 2.81. The van der Waals surface area contributed by atoms with Crippen LogP contribution in [0.2, 0.25) is 5.02 Å². The van der Waals surface area contributed by atoms with E-state index in [-0.39, 0.29) is 0 Å². The highest BCUT2D eigenvalue weighted by molar-refractivity contribution is 7.92. The molecule has 1 heterocycles. The van der Waals surface area contributed by atoms with Crippen LogP contribution in [0.1, 0.15) is 5.56 Å². The summed E-state index contributed by atoms with van der Waals surface area (Å²) in [5.74, 6) is 0. The van der Waals surface area contributed by atoms with Crippen LogP contribution in [-0.2, 0) is 16.6 Å². The molecule has 19 heavy (non-hydrogen) atoms. The fourth-order valence-electron chi connectivity index (χ4n) is 1.58. The molecule has 3 N–H and O–H groups in total. The minimum Gasteiger partial charge on any atom is -0.381 e. The van der Waals surface area contributed by atoms with Crippen LogP contribution in [0.3, 0.4) is 0 Å². The van der Waals surface area contributed by atoms with Gasteiger partial charge in [-0.2, -0.15) is 0 Å². The minimum absolute atomic E-state index is 0.351. The SMILES string of the molecule is CS(=O)(=O)Nc1ccc(NCc2cc[nH]c2)cc1Cl. The third kappa shape index (κ3) is 4.18. The van der Waals surface area contributed by atoms with Crippen molar-refractivity contribution in [3.05, 3.63) is 47.2 Å². The summed E-state index contributed by atoms with van der Waals surface area (Å²) in [6, 6.07) is 7.05. The van der Waals surface area contributed by atoms with Gasteiger partial charge in [-0.3, -0.25) is 4.72 Å². The molecule has 7 heteroatoms. The maximum atomic E-state index is 11.1. The van der Waals surface area contributed by atoms with Crippen LogP contribution in [0.4, 0.5) is 11.4 Å². The number of nitrogens with one attached hydrogen (secondary N) is 3. The monoisotopic (exact) mass is 299 g/mol. The molecule has 0 spiro atoms. The van der Waals surface area contributed by atoms with Crippen molar-refractivity contribution < 1.29 is 8.42 Å². The number of H-pyrrole nitrogens is 1. The van der Waals surface area contributed by atoms with Crippen LogP contribution in [0, 0.1) is 0 Å². The van der Waals surface area contributed by atoms with E-state index in [0.29, 0.717) is 17.3 Å². The van der Waals surface area contributed by atoms with Gasteiger partial charge in [-0.25, -0.2) is 8.42 Å². The normalized spacial score (nSPS) is 11.3. The van der Waals surface area contributed by atoms with Gasteiger partial charge < -0.3 is 10.3 Å². The second kappa shape index (κ2) is 5.54. The molecular formula is C12H14ClN3O2S. The summed E-state index contributed by atoms with van der Waals surface area (Å²) in [6.07, 6.45) is 4.83. The summed E-state index contributed by atoms with van der Waals surface area (Å²) < 4.78 is 24.6. The Morgan fingerprint density at radius 1 is 1.32 bits per heavy atom. The minimum atomic E-state index is -3.32. The number of aromatic amines is 1. The lowest BCUT2D eigenvalue weighted by Crippen LogP contribution is -2.10. The molecule has 102 valence electrons. The fraction of sp³-hybridized carbons (Fsp3) is 0.167. The van der Waals surface area contributed by atoms with Crippen LogP contribution < -0.4 is 10.0 Å². The summed E-state index contributed by atoms with van der Waals surface area (Å²) in [6.45, 7) is 0.665. The number of benzene rings is 1. The summed E-state index contributed by atoms with van der Waals surface area (Å²) >= 11 is 6.02. The van der Waals surface area contributed by atoms with Crippen LogP contribution in [-0.4, -0.2) is 19.7 Å². The Balaban J connectivity index is 2.06. The molecule has 0 atom stereocenters. The smallest absolute Gasteiger partial charge is 0.229 e. The molecule has 0 saturated carbocycles. The van der Waals surface area contributed by atoms with E-state index in [2.05, 4.69) is 15.0 Å². The summed E-state index contributed by atoms with van der Waals surface area (Å²) in [4.78, 5) is 2.97. The molecule has 1 aromatic carbocycles. The number of hydrogen-bond donors (Lipinski definition) is 3. The lowest BCUT2D eigenvalue weighted by Gasteiger charge is -2.09. The van der Waals surface area contributed by atoms with Gasteiger partial charge in [0.25, 0.3) is 0 Å². The number of halogens is 1. The van der Waals surface area contributed by atoms with E-state index in [1.807, 2.05) is 18.5 Å². The van der Waals surface area contributed by atoms with Crippen molar-refractivity contribution in [2.24, 2.45) is 0 Å². The number of rotatable bonds is 5. The Hall–Kier alpha value is -1.66. The van der Waals surface area contributed by atoms with Crippen molar-refractivity contribution in [2.45, 2.75) is 6.54 Å². The van der Waals surface area contributed by atoms with E-state index >= 15 is 0 Å². The third-order valence-corrected chi connectivity index (χ3v) is 3.33. The van der Waals surface area contributed by atoms with Gasteiger partial charge >= 0.3 is 0 Å². The van der Waals surface area contributed by atoms with Gasteiger partial charge in [-0.05, 0) is 29.8 Å². The molecular weight excluding hydrogens is 286 g/mol. The molecule has 0 unspecified atom stereocenters. The Morgan fingerprint density at radius 2 is 2.11 bits per heavy atom. The summed E-state index contributed by atoms with van der Waals surface area (Å²) in [7, 11) is -3.32. The second-order valence-corrected chi connectivity index (χ2v) is 6.30. The van der Waals surface area contributed by atoms with Gasteiger partial charge in [0.05, 0.1) is 17.0 Å². The van der Waals surface area contributed by atoms with Crippen LogP contribution >= 0.6 is 11.6 Å². The first-order valence-electron chi connectivity index (χ1n) is 5.57. The predicted molar refractivity (Wildman–Crippen MR) is 78.0 cm³/mol. The van der Waals surface area contributed by atoms with Crippen molar-refractivity contribution in [3.63, 3.8) is 0 Å². The first-order valence-corrected chi connectivity index (χ1v) is 7.84. The molecule has 0 fully saturated rings. The Morgan fingerprint density at radius 3 is 2.68 bits per heavy atom. The van der Waals surface area contributed by atoms with Crippen molar-refractivity contribution >= 4 is 33.0 Å². The molecule has 0 aliphatic heterocycles.